The standard InChI is InChI=1S/C13H21N3O2/c1-9(2)18-6-5-16(4)13(17)11-8-15-10(3)7-12(11)14/h7-9H,5-6H2,1-4H3,(H2,14,15). The Morgan fingerprint density at radius 2 is 2.22 bits per heavy atom. The summed E-state index contributed by atoms with van der Waals surface area (Å²) in [5.41, 5.74) is 7.52. The summed E-state index contributed by atoms with van der Waals surface area (Å²) < 4.78 is 5.41. The van der Waals surface area contributed by atoms with Gasteiger partial charge in [0.1, 0.15) is 0 Å². The SMILES string of the molecule is Cc1cc(N)c(C(=O)N(C)CCOC(C)C)cn1. The molecular formula is C13H21N3O2. The number of rotatable bonds is 5. The first-order valence-corrected chi connectivity index (χ1v) is 6.01. The van der Waals surface area contributed by atoms with Crippen molar-refractivity contribution in [2.24, 2.45) is 0 Å². The van der Waals surface area contributed by atoms with E-state index in [1.54, 1.807) is 18.0 Å². The molecule has 0 radical (unpaired) electrons. The van der Waals surface area contributed by atoms with Crippen molar-refractivity contribution in [2.45, 2.75) is 26.9 Å². The van der Waals surface area contributed by atoms with Crippen LogP contribution in [-0.2, 0) is 4.74 Å². The number of nitrogens with two attached hydrogens (primary N) is 1. The van der Waals surface area contributed by atoms with E-state index >= 15 is 0 Å². The number of hydrogen-bond acceptors (Lipinski definition) is 4. The maximum absolute atomic E-state index is 12.1. The predicted octanol–water partition coefficient (Wildman–Crippen LogP) is 1.47. The van der Waals surface area contributed by atoms with Gasteiger partial charge in [0.05, 0.1) is 18.3 Å². The third-order valence-corrected chi connectivity index (χ3v) is 2.53. The highest BCUT2D eigenvalue weighted by Gasteiger charge is 2.15. The summed E-state index contributed by atoms with van der Waals surface area (Å²) in [6.07, 6.45) is 1.69. The first-order chi connectivity index (χ1) is 8.41. The summed E-state index contributed by atoms with van der Waals surface area (Å²) in [6.45, 7) is 6.81. The van der Waals surface area contributed by atoms with Gasteiger partial charge in [-0.15, -0.1) is 0 Å². The van der Waals surface area contributed by atoms with Crippen LogP contribution in [0.1, 0.15) is 29.9 Å². The highest BCUT2D eigenvalue weighted by molar-refractivity contribution is 5.98. The summed E-state index contributed by atoms with van der Waals surface area (Å²) >= 11 is 0. The van der Waals surface area contributed by atoms with Gasteiger partial charge in [0.25, 0.3) is 5.91 Å². The molecular weight excluding hydrogens is 230 g/mol. The summed E-state index contributed by atoms with van der Waals surface area (Å²) in [6, 6.07) is 1.70. The number of nitrogen functional groups attached to an aromatic ring is 1. The Hall–Kier alpha value is -1.62. The Bertz CT molecular complexity index is 419. The van der Waals surface area contributed by atoms with Gasteiger partial charge in [-0.3, -0.25) is 9.78 Å². The number of ether oxygens (including phenoxy) is 1. The minimum absolute atomic E-state index is 0.132. The highest BCUT2D eigenvalue weighted by Crippen LogP contribution is 2.13. The number of carbonyl (C=O) groups excluding carboxylic acids is 1. The first kappa shape index (κ1) is 14.4. The van der Waals surface area contributed by atoms with Crippen molar-refractivity contribution in [1.29, 1.82) is 0 Å². The molecule has 5 nitrogen and oxygen atoms in total. The average molecular weight is 251 g/mol. The third-order valence-electron chi connectivity index (χ3n) is 2.53. The van der Waals surface area contributed by atoms with Crippen LogP contribution in [0.15, 0.2) is 12.3 Å². The minimum atomic E-state index is -0.132. The Balaban J connectivity index is 2.63. The third kappa shape index (κ3) is 4.00. The summed E-state index contributed by atoms with van der Waals surface area (Å²) in [4.78, 5) is 17.8. The second-order valence-corrected chi connectivity index (χ2v) is 4.56. The number of hydrogen-bond donors (Lipinski definition) is 1. The van der Waals surface area contributed by atoms with Gasteiger partial charge in [-0.1, -0.05) is 0 Å². The van der Waals surface area contributed by atoms with Crippen LogP contribution < -0.4 is 5.73 Å². The molecule has 0 saturated carbocycles. The van der Waals surface area contributed by atoms with Crippen LogP contribution >= 0.6 is 0 Å². The summed E-state index contributed by atoms with van der Waals surface area (Å²) in [5.74, 6) is -0.132. The number of amides is 1. The van der Waals surface area contributed by atoms with Crippen molar-refractivity contribution in [3.8, 4) is 0 Å². The molecule has 1 aromatic heterocycles. The van der Waals surface area contributed by atoms with Crippen LogP contribution in [0.5, 0.6) is 0 Å². The zero-order chi connectivity index (χ0) is 13.7. The van der Waals surface area contributed by atoms with Crippen molar-refractivity contribution in [1.82, 2.24) is 9.88 Å². The van der Waals surface area contributed by atoms with E-state index in [0.717, 1.165) is 5.69 Å². The fourth-order valence-electron chi connectivity index (χ4n) is 1.49. The monoisotopic (exact) mass is 251 g/mol. The number of likely N-dealkylation sites (N-methyl/N-ethyl adjacent to an activating group) is 1. The van der Waals surface area contributed by atoms with Crippen LogP contribution in [0, 0.1) is 6.92 Å². The van der Waals surface area contributed by atoms with Gasteiger partial charge in [-0.05, 0) is 26.8 Å². The first-order valence-electron chi connectivity index (χ1n) is 6.01. The molecule has 0 aromatic carbocycles. The van der Waals surface area contributed by atoms with Gasteiger partial charge < -0.3 is 15.4 Å². The number of pyridine rings is 1. The molecule has 0 aliphatic heterocycles. The fraction of sp³-hybridized carbons (Fsp3) is 0.538. The quantitative estimate of drug-likeness (QED) is 0.860. The molecule has 0 unspecified atom stereocenters. The molecule has 5 heteroatoms. The predicted molar refractivity (Wildman–Crippen MR) is 71.4 cm³/mol. The van der Waals surface area contributed by atoms with Gasteiger partial charge in [0.15, 0.2) is 0 Å². The number of aromatic nitrogens is 1. The van der Waals surface area contributed by atoms with E-state index in [2.05, 4.69) is 4.98 Å². The Kier molecular flexibility index (Phi) is 5.09. The van der Waals surface area contributed by atoms with Gasteiger partial charge in [0.2, 0.25) is 0 Å². The lowest BCUT2D eigenvalue weighted by Crippen LogP contribution is -2.31. The molecule has 18 heavy (non-hydrogen) atoms. The molecule has 2 N–H and O–H groups in total. The zero-order valence-corrected chi connectivity index (χ0v) is 11.4. The molecule has 1 rings (SSSR count). The van der Waals surface area contributed by atoms with E-state index in [0.29, 0.717) is 24.4 Å². The molecule has 0 saturated heterocycles. The molecule has 0 fully saturated rings. The van der Waals surface area contributed by atoms with Crippen LogP contribution in [0.3, 0.4) is 0 Å². The van der Waals surface area contributed by atoms with Gasteiger partial charge >= 0.3 is 0 Å². The maximum atomic E-state index is 12.1. The van der Waals surface area contributed by atoms with Crippen LogP contribution in [0.4, 0.5) is 5.69 Å². The molecule has 1 amide bonds. The number of aryl methyl sites for hydroxylation is 1. The molecule has 0 atom stereocenters. The largest absolute Gasteiger partial charge is 0.398 e. The van der Waals surface area contributed by atoms with E-state index in [-0.39, 0.29) is 12.0 Å². The van der Waals surface area contributed by atoms with Gasteiger partial charge in [-0.2, -0.15) is 0 Å². The number of anilines is 1. The molecule has 1 aromatic rings. The summed E-state index contributed by atoms with van der Waals surface area (Å²) in [5, 5.41) is 0. The van der Waals surface area contributed by atoms with E-state index in [9.17, 15) is 4.79 Å². The van der Waals surface area contributed by atoms with E-state index in [1.165, 1.54) is 6.20 Å². The van der Waals surface area contributed by atoms with E-state index in [4.69, 9.17) is 10.5 Å². The van der Waals surface area contributed by atoms with Crippen molar-refractivity contribution in [3.05, 3.63) is 23.5 Å². The van der Waals surface area contributed by atoms with Gasteiger partial charge in [-0.25, -0.2) is 0 Å². The van der Waals surface area contributed by atoms with Gasteiger partial charge in [0, 0.05) is 31.2 Å². The van der Waals surface area contributed by atoms with Crippen LogP contribution in [-0.4, -0.2) is 42.1 Å². The highest BCUT2D eigenvalue weighted by atomic mass is 16.5. The molecule has 0 bridgehead atoms. The number of nitrogens with zero attached hydrogens (tertiary/aromatic N) is 2. The van der Waals surface area contributed by atoms with Crippen molar-refractivity contribution in [2.75, 3.05) is 25.9 Å². The smallest absolute Gasteiger partial charge is 0.257 e. The van der Waals surface area contributed by atoms with Crippen molar-refractivity contribution < 1.29 is 9.53 Å². The Morgan fingerprint density at radius 3 is 2.78 bits per heavy atom. The fourth-order valence-corrected chi connectivity index (χ4v) is 1.49. The number of carbonyl (C=O) groups is 1. The Labute approximate surface area is 108 Å². The maximum Gasteiger partial charge on any atom is 0.257 e. The lowest BCUT2D eigenvalue weighted by Gasteiger charge is -2.18. The Morgan fingerprint density at radius 1 is 1.56 bits per heavy atom. The summed E-state index contributed by atoms with van der Waals surface area (Å²) in [7, 11) is 1.73. The molecule has 0 spiro atoms. The zero-order valence-electron chi connectivity index (χ0n) is 11.4. The van der Waals surface area contributed by atoms with E-state index in [1.807, 2.05) is 20.8 Å². The minimum Gasteiger partial charge on any atom is -0.398 e. The van der Waals surface area contributed by atoms with Crippen LogP contribution in [0.2, 0.25) is 0 Å². The van der Waals surface area contributed by atoms with Crippen molar-refractivity contribution >= 4 is 11.6 Å². The molecule has 1 heterocycles. The molecule has 100 valence electrons. The molecule has 0 aliphatic rings. The second kappa shape index (κ2) is 6.35. The lowest BCUT2D eigenvalue weighted by molar-refractivity contribution is 0.0532. The van der Waals surface area contributed by atoms with Crippen molar-refractivity contribution in [3.63, 3.8) is 0 Å². The normalized spacial score (nSPS) is 10.7. The molecule has 0 aliphatic carbocycles. The van der Waals surface area contributed by atoms with Crippen LogP contribution in [0.25, 0.3) is 0 Å². The topological polar surface area (TPSA) is 68.5 Å². The average Bonchev–Trinajstić information content (AvgIpc) is 2.27. The van der Waals surface area contributed by atoms with E-state index < -0.39 is 0 Å². The lowest BCUT2D eigenvalue weighted by atomic mass is 10.2. The second-order valence-electron chi connectivity index (χ2n) is 4.56.